The molecule has 1 aliphatic heterocycles. The molecule has 0 radical (unpaired) electrons. The van der Waals surface area contributed by atoms with Crippen LogP contribution in [0.1, 0.15) is 36.6 Å². The van der Waals surface area contributed by atoms with Gasteiger partial charge >= 0.3 is 0 Å². The Kier molecular flexibility index (Phi) is 6.79. The van der Waals surface area contributed by atoms with Crippen LogP contribution in [0, 0.1) is 24.5 Å². The summed E-state index contributed by atoms with van der Waals surface area (Å²) in [5, 5.41) is 21.3. The number of phenols is 1. The number of aromatic hydroxyl groups is 1. The van der Waals surface area contributed by atoms with Crippen molar-refractivity contribution in [2.24, 2.45) is 5.92 Å². The maximum atomic E-state index is 14.1. The molecule has 0 aliphatic carbocycles. The Morgan fingerprint density at radius 1 is 1.03 bits per heavy atom. The van der Waals surface area contributed by atoms with Gasteiger partial charge < -0.3 is 14.9 Å². The van der Waals surface area contributed by atoms with E-state index in [0.29, 0.717) is 29.4 Å². The number of aliphatic hydroxyl groups is 1. The smallest absolute Gasteiger partial charge is 0.300 e. The summed E-state index contributed by atoms with van der Waals surface area (Å²) in [6, 6.07) is 12.3. The molecule has 1 aliphatic rings. The highest BCUT2D eigenvalue weighted by atomic mass is 19.2. The molecule has 0 bridgehead atoms. The molecule has 1 fully saturated rings. The first-order valence-corrected chi connectivity index (χ1v) is 11.4. The number of hydrogen-bond donors (Lipinski definition) is 2. The van der Waals surface area contributed by atoms with E-state index in [9.17, 15) is 28.6 Å². The molecular formula is C28H25F2NO5. The highest BCUT2D eigenvalue weighted by Crippen LogP contribution is 2.43. The highest BCUT2D eigenvalue weighted by Gasteiger charge is 2.47. The van der Waals surface area contributed by atoms with Crippen molar-refractivity contribution < 1.29 is 33.3 Å². The molecule has 0 aromatic heterocycles. The maximum Gasteiger partial charge on any atom is 0.300 e. The van der Waals surface area contributed by atoms with Gasteiger partial charge in [-0.2, -0.15) is 0 Å². The number of anilines is 1. The van der Waals surface area contributed by atoms with Gasteiger partial charge in [0.15, 0.2) is 11.6 Å². The van der Waals surface area contributed by atoms with E-state index in [1.165, 1.54) is 24.3 Å². The van der Waals surface area contributed by atoms with Gasteiger partial charge in [-0.25, -0.2) is 8.78 Å². The molecule has 8 heteroatoms. The van der Waals surface area contributed by atoms with Crippen LogP contribution in [-0.2, 0) is 9.59 Å². The number of benzene rings is 3. The minimum absolute atomic E-state index is 0.0722. The Morgan fingerprint density at radius 3 is 2.42 bits per heavy atom. The van der Waals surface area contributed by atoms with Gasteiger partial charge in [-0.3, -0.25) is 14.5 Å². The fourth-order valence-corrected chi connectivity index (χ4v) is 4.11. The lowest BCUT2D eigenvalue weighted by Crippen LogP contribution is -2.29. The molecule has 186 valence electrons. The minimum atomic E-state index is -1.20. The minimum Gasteiger partial charge on any atom is -0.508 e. The fourth-order valence-electron chi connectivity index (χ4n) is 4.11. The molecule has 3 aromatic rings. The molecule has 0 spiro atoms. The molecule has 1 saturated heterocycles. The average Bonchev–Trinajstić information content (AvgIpc) is 3.10. The summed E-state index contributed by atoms with van der Waals surface area (Å²) in [6.45, 7) is 6.33. The van der Waals surface area contributed by atoms with E-state index >= 15 is 0 Å². The molecule has 6 nitrogen and oxygen atoms in total. The van der Waals surface area contributed by atoms with Crippen molar-refractivity contribution in [2.45, 2.75) is 26.8 Å². The monoisotopic (exact) mass is 493 g/mol. The van der Waals surface area contributed by atoms with Gasteiger partial charge in [-0.05, 0) is 66.4 Å². The first kappa shape index (κ1) is 24.9. The van der Waals surface area contributed by atoms with E-state index in [-0.39, 0.29) is 22.6 Å². The normalized spacial score (nSPS) is 17.2. The molecule has 1 amide bonds. The SMILES string of the molecule is Cc1cc(/C(O)=C2\C(=O)C(=O)N(c3ccc(F)c(F)c3)C2c2cccc(O)c2)ccc1OCC(C)C. The number of amides is 1. The summed E-state index contributed by atoms with van der Waals surface area (Å²) in [5.41, 5.74) is 0.970. The summed E-state index contributed by atoms with van der Waals surface area (Å²) >= 11 is 0. The van der Waals surface area contributed by atoms with E-state index in [2.05, 4.69) is 0 Å². The number of ether oxygens (including phenoxy) is 1. The van der Waals surface area contributed by atoms with E-state index in [4.69, 9.17) is 4.74 Å². The van der Waals surface area contributed by atoms with Gasteiger partial charge in [0.2, 0.25) is 0 Å². The van der Waals surface area contributed by atoms with Crippen LogP contribution in [0.15, 0.2) is 66.2 Å². The molecule has 1 atom stereocenters. The van der Waals surface area contributed by atoms with Crippen molar-refractivity contribution in [1.29, 1.82) is 0 Å². The van der Waals surface area contributed by atoms with Crippen LogP contribution in [0.2, 0.25) is 0 Å². The Hall–Kier alpha value is -4.20. The molecule has 3 aromatic carbocycles. The number of aliphatic hydroxyl groups excluding tert-OH is 1. The third-order valence-corrected chi connectivity index (χ3v) is 5.83. The van der Waals surface area contributed by atoms with E-state index in [1.54, 1.807) is 31.2 Å². The second kappa shape index (κ2) is 9.81. The van der Waals surface area contributed by atoms with Gasteiger partial charge in [0, 0.05) is 17.3 Å². The zero-order chi connectivity index (χ0) is 26.1. The number of rotatable bonds is 6. The fraction of sp³-hybridized carbons (Fsp3) is 0.214. The molecule has 36 heavy (non-hydrogen) atoms. The van der Waals surface area contributed by atoms with E-state index < -0.39 is 35.1 Å². The number of Topliss-reactive ketones (excluding diaryl/α,β-unsaturated/α-hetero) is 1. The predicted octanol–water partition coefficient (Wildman–Crippen LogP) is 5.64. The van der Waals surface area contributed by atoms with Gasteiger partial charge in [0.05, 0.1) is 18.2 Å². The second-order valence-electron chi connectivity index (χ2n) is 9.05. The lowest BCUT2D eigenvalue weighted by Gasteiger charge is -2.25. The highest BCUT2D eigenvalue weighted by molar-refractivity contribution is 6.51. The number of carbonyl (C=O) groups is 2. The number of hydrogen-bond acceptors (Lipinski definition) is 5. The van der Waals surface area contributed by atoms with Crippen LogP contribution in [0.4, 0.5) is 14.5 Å². The number of nitrogens with zero attached hydrogens (tertiary/aromatic N) is 1. The summed E-state index contributed by atoms with van der Waals surface area (Å²) in [4.78, 5) is 27.3. The van der Waals surface area contributed by atoms with Gasteiger partial charge in [0.1, 0.15) is 17.3 Å². The predicted molar refractivity (Wildman–Crippen MR) is 131 cm³/mol. The second-order valence-corrected chi connectivity index (χ2v) is 9.05. The van der Waals surface area contributed by atoms with Crippen molar-refractivity contribution in [3.8, 4) is 11.5 Å². The summed E-state index contributed by atoms with van der Waals surface area (Å²) in [7, 11) is 0. The molecule has 0 saturated carbocycles. The summed E-state index contributed by atoms with van der Waals surface area (Å²) < 4.78 is 33.4. The van der Waals surface area contributed by atoms with Crippen molar-refractivity contribution in [2.75, 3.05) is 11.5 Å². The number of phenolic OH excluding ortho intramolecular Hbond substituents is 1. The lowest BCUT2D eigenvalue weighted by molar-refractivity contribution is -0.132. The van der Waals surface area contributed by atoms with Gasteiger partial charge in [0.25, 0.3) is 11.7 Å². The number of carbonyl (C=O) groups excluding carboxylic acids is 2. The zero-order valence-corrected chi connectivity index (χ0v) is 20.0. The summed E-state index contributed by atoms with van der Waals surface area (Å²) in [5.74, 6) is -3.97. The van der Waals surface area contributed by atoms with Crippen LogP contribution in [0.3, 0.4) is 0 Å². The molecule has 1 heterocycles. The Bertz CT molecular complexity index is 1380. The van der Waals surface area contributed by atoms with E-state index in [0.717, 1.165) is 17.0 Å². The van der Waals surface area contributed by atoms with Crippen molar-refractivity contribution in [3.63, 3.8) is 0 Å². The number of aryl methyl sites for hydroxylation is 1. The molecule has 2 N–H and O–H groups in total. The standard InChI is InChI=1S/C28H25F2NO5/c1-15(2)14-36-23-10-7-18(11-16(23)3)26(33)24-25(17-5-4-6-20(32)12-17)31(28(35)27(24)34)19-8-9-21(29)22(30)13-19/h4-13,15,25,32-33H,14H2,1-3H3/b26-24+. The quantitative estimate of drug-likeness (QED) is 0.264. The van der Waals surface area contributed by atoms with Crippen LogP contribution < -0.4 is 9.64 Å². The average molecular weight is 494 g/mol. The molecule has 4 rings (SSSR count). The molecule has 1 unspecified atom stereocenters. The van der Waals surface area contributed by atoms with Crippen LogP contribution in [0.5, 0.6) is 11.5 Å². The third kappa shape index (κ3) is 4.66. The number of ketones is 1. The largest absolute Gasteiger partial charge is 0.508 e. The van der Waals surface area contributed by atoms with Gasteiger partial charge in [-0.15, -0.1) is 0 Å². The van der Waals surface area contributed by atoms with Crippen LogP contribution in [-0.4, -0.2) is 28.5 Å². The van der Waals surface area contributed by atoms with Crippen LogP contribution >= 0.6 is 0 Å². The molecular weight excluding hydrogens is 468 g/mol. The van der Waals surface area contributed by atoms with Crippen molar-refractivity contribution >= 4 is 23.1 Å². The third-order valence-electron chi connectivity index (χ3n) is 5.83. The Balaban J connectivity index is 1.87. The first-order chi connectivity index (χ1) is 17.1. The Morgan fingerprint density at radius 2 is 1.78 bits per heavy atom. The van der Waals surface area contributed by atoms with Crippen molar-refractivity contribution in [1.82, 2.24) is 0 Å². The maximum absolute atomic E-state index is 14.1. The number of halogens is 2. The summed E-state index contributed by atoms with van der Waals surface area (Å²) in [6.07, 6.45) is 0. The first-order valence-electron chi connectivity index (χ1n) is 11.4. The topological polar surface area (TPSA) is 87.1 Å². The van der Waals surface area contributed by atoms with E-state index in [1.807, 2.05) is 13.8 Å². The van der Waals surface area contributed by atoms with Crippen LogP contribution in [0.25, 0.3) is 5.76 Å². The van der Waals surface area contributed by atoms with Gasteiger partial charge in [-0.1, -0.05) is 26.0 Å². The Labute approximate surface area is 207 Å². The van der Waals surface area contributed by atoms with Crippen molar-refractivity contribution in [3.05, 3.63) is 94.6 Å². The lowest BCUT2D eigenvalue weighted by atomic mass is 9.94. The zero-order valence-electron chi connectivity index (χ0n) is 20.0.